The Labute approximate surface area is 118 Å². The van der Waals surface area contributed by atoms with Crippen molar-refractivity contribution in [3.63, 3.8) is 0 Å². The van der Waals surface area contributed by atoms with Crippen molar-refractivity contribution in [1.29, 1.82) is 0 Å². The van der Waals surface area contributed by atoms with Crippen LogP contribution in [-0.2, 0) is 21.4 Å². The molecule has 0 amide bonds. The van der Waals surface area contributed by atoms with Crippen LogP contribution in [0.25, 0.3) is 0 Å². The molecule has 0 saturated carbocycles. The van der Waals surface area contributed by atoms with Gasteiger partial charge in [0.2, 0.25) is 10.0 Å². The molecule has 2 heterocycles. The normalized spacial score (nSPS) is 21.0. The summed E-state index contributed by atoms with van der Waals surface area (Å²) in [5.74, 6) is -1.56. The summed E-state index contributed by atoms with van der Waals surface area (Å²) in [6.45, 7) is 4.59. The van der Waals surface area contributed by atoms with Crippen LogP contribution in [0.4, 0.5) is 0 Å². The molecule has 0 aliphatic carbocycles. The topological polar surface area (TPSA) is 92.5 Å². The molecule has 1 aliphatic heterocycles. The van der Waals surface area contributed by atoms with E-state index in [1.54, 1.807) is 11.6 Å². The van der Waals surface area contributed by atoms with Crippen molar-refractivity contribution in [1.82, 2.24) is 14.1 Å². The van der Waals surface area contributed by atoms with Gasteiger partial charge in [0.25, 0.3) is 0 Å². The smallest absolute Gasteiger partial charge is 0.307 e. The van der Waals surface area contributed by atoms with Gasteiger partial charge in [-0.15, -0.1) is 0 Å². The van der Waals surface area contributed by atoms with E-state index in [1.165, 1.54) is 10.5 Å². The first-order chi connectivity index (χ1) is 9.37. The van der Waals surface area contributed by atoms with E-state index < -0.39 is 21.9 Å². The zero-order chi connectivity index (χ0) is 14.9. The van der Waals surface area contributed by atoms with Crippen LogP contribution in [0.1, 0.15) is 25.5 Å². The second-order valence-electron chi connectivity index (χ2n) is 4.95. The number of aliphatic carboxylic acids is 1. The molecule has 1 saturated heterocycles. The summed E-state index contributed by atoms with van der Waals surface area (Å²) in [4.78, 5) is 11.2. The molecule has 112 valence electrons. The van der Waals surface area contributed by atoms with Crippen LogP contribution >= 0.6 is 0 Å². The van der Waals surface area contributed by atoms with E-state index in [1.807, 2.05) is 6.92 Å². The summed E-state index contributed by atoms with van der Waals surface area (Å²) in [5, 5.41) is 13.1. The van der Waals surface area contributed by atoms with Crippen LogP contribution in [0.3, 0.4) is 0 Å². The second-order valence-corrected chi connectivity index (χ2v) is 6.86. The molecular weight excluding hydrogens is 282 g/mol. The molecule has 7 nitrogen and oxygen atoms in total. The first-order valence-corrected chi connectivity index (χ1v) is 8.07. The zero-order valence-corrected chi connectivity index (χ0v) is 12.4. The Morgan fingerprint density at radius 1 is 1.55 bits per heavy atom. The molecule has 1 aliphatic rings. The Bertz CT molecular complexity index is 608. The van der Waals surface area contributed by atoms with Gasteiger partial charge in [0.05, 0.1) is 17.8 Å². The van der Waals surface area contributed by atoms with Crippen LogP contribution in [-0.4, -0.2) is 46.7 Å². The first-order valence-electron chi connectivity index (χ1n) is 6.63. The van der Waals surface area contributed by atoms with Gasteiger partial charge in [-0.05, 0) is 26.7 Å². The molecule has 1 atom stereocenters. The molecule has 1 aromatic heterocycles. The van der Waals surface area contributed by atoms with Crippen molar-refractivity contribution in [3.05, 3.63) is 11.9 Å². The molecule has 1 aromatic rings. The van der Waals surface area contributed by atoms with Gasteiger partial charge in [0, 0.05) is 19.6 Å². The van der Waals surface area contributed by atoms with Gasteiger partial charge in [-0.3, -0.25) is 9.48 Å². The van der Waals surface area contributed by atoms with Crippen LogP contribution in [0.15, 0.2) is 11.1 Å². The minimum atomic E-state index is -3.66. The van der Waals surface area contributed by atoms with E-state index in [-0.39, 0.29) is 11.4 Å². The highest BCUT2D eigenvalue weighted by Gasteiger charge is 2.34. The summed E-state index contributed by atoms with van der Waals surface area (Å²) < 4.78 is 28.1. The third-order valence-corrected chi connectivity index (χ3v) is 5.68. The summed E-state index contributed by atoms with van der Waals surface area (Å²) in [5.41, 5.74) is 0.588. The number of hydrogen-bond acceptors (Lipinski definition) is 4. The van der Waals surface area contributed by atoms with Crippen molar-refractivity contribution in [2.45, 2.75) is 38.1 Å². The van der Waals surface area contributed by atoms with Gasteiger partial charge in [-0.1, -0.05) is 0 Å². The first kappa shape index (κ1) is 15.0. The second kappa shape index (κ2) is 5.53. The third-order valence-electron chi connectivity index (χ3n) is 3.71. The lowest BCUT2D eigenvalue weighted by atomic mass is 10.0. The predicted octanol–water partition coefficient (Wildman–Crippen LogP) is 0.697. The maximum atomic E-state index is 12.6. The summed E-state index contributed by atoms with van der Waals surface area (Å²) in [6, 6.07) is 0. The minimum Gasteiger partial charge on any atom is -0.481 e. The van der Waals surface area contributed by atoms with Crippen molar-refractivity contribution >= 4 is 16.0 Å². The van der Waals surface area contributed by atoms with Gasteiger partial charge >= 0.3 is 5.97 Å². The number of carboxylic acid groups (broad SMARTS) is 1. The van der Waals surface area contributed by atoms with E-state index in [4.69, 9.17) is 5.11 Å². The van der Waals surface area contributed by atoms with Crippen molar-refractivity contribution in [3.8, 4) is 0 Å². The predicted molar refractivity (Wildman–Crippen MR) is 71.8 cm³/mol. The van der Waals surface area contributed by atoms with Gasteiger partial charge in [-0.25, -0.2) is 8.42 Å². The highest BCUT2D eigenvalue weighted by molar-refractivity contribution is 7.89. The van der Waals surface area contributed by atoms with Crippen molar-refractivity contribution in [2.75, 3.05) is 13.1 Å². The lowest BCUT2D eigenvalue weighted by molar-refractivity contribution is -0.142. The lowest BCUT2D eigenvalue weighted by Gasteiger charge is -2.29. The number of rotatable bonds is 4. The van der Waals surface area contributed by atoms with Gasteiger partial charge < -0.3 is 5.11 Å². The molecule has 1 fully saturated rings. The number of carbonyl (C=O) groups is 1. The zero-order valence-electron chi connectivity index (χ0n) is 11.6. The van der Waals surface area contributed by atoms with E-state index in [0.717, 1.165) is 0 Å². The quantitative estimate of drug-likeness (QED) is 0.883. The van der Waals surface area contributed by atoms with Crippen LogP contribution < -0.4 is 0 Å². The minimum absolute atomic E-state index is 0.0361. The Balaban J connectivity index is 2.30. The van der Waals surface area contributed by atoms with E-state index in [0.29, 0.717) is 31.6 Å². The molecule has 0 aromatic carbocycles. The fourth-order valence-electron chi connectivity index (χ4n) is 2.50. The lowest BCUT2D eigenvalue weighted by Crippen LogP contribution is -2.42. The number of hydrogen-bond donors (Lipinski definition) is 1. The number of aryl methyl sites for hydroxylation is 1. The number of sulfonamides is 1. The van der Waals surface area contributed by atoms with Gasteiger partial charge in [0.15, 0.2) is 0 Å². The number of nitrogens with zero attached hydrogens (tertiary/aromatic N) is 3. The Morgan fingerprint density at radius 2 is 2.25 bits per heavy atom. The van der Waals surface area contributed by atoms with Gasteiger partial charge in [-0.2, -0.15) is 9.40 Å². The largest absolute Gasteiger partial charge is 0.481 e. The highest BCUT2D eigenvalue weighted by atomic mass is 32.2. The van der Waals surface area contributed by atoms with Gasteiger partial charge in [0.1, 0.15) is 4.90 Å². The average molecular weight is 301 g/mol. The monoisotopic (exact) mass is 301 g/mol. The number of carboxylic acids is 1. The van der Waals surface area contributed by atoms with Crippen LogP contribution in [0, 0.1) is 12.8 Å². The summed E-state index contributed by atoms with van der Waals surface area (Å²) in [6.07, 6.45) is 2.43. The highest BCUT2D eigenvalue weighted by Crippen LogP contribution is 2.25. The standard InChI is InChI=1S/C12H19N3O4S/c1-3-15-9(2)11(7-13-15)20(18,19)14-6-4-5-10(8-14)12(16)17/h7,10H,3-6,8H2,1-2H3,(H,16,17). The molecule has 0 spiro atoms. The Kier molecular flexibility index (Phi) is 4.14. The van der Waals surface area contributed by atoms with Crippen LogP contribution in [0.2, 0.25) is 0 Å². The van der Waals surface area contributed by atoms with E-state index >= 15 is 0 Å². The maximum Gasteiger partial charge on any atom is 0.307 e. The molecule has 2 rings (SSSR count). The number of aromatic nitrogens is 2. The summed E-state index contributed by atoms with van der Waals surface area (Å²) >= 11 is 0. The Morgan fingerprint density at radius 3 is 2.80 bits per heavy atom. The van der Waals surface area contributed by atoms with Crippen molar-refractivity contribution < 1.29 is 18.3 Å². The molecule has 1 unspecified atom stereocenters. The number of piperidine rings is 1. The molecule has 1 N–H and O–H groups in total. The molecule has 8 heteroatoms. The molecular formula is C12H19N3O4S. The van der Waals surface area contributed by atoms with E-state index in [2.05, 4.69) is 5.10 Å². The maximum absolute atomic E-state index is 12.6. The SMILES string of the molecule is CCn1ncc(S(=O)(=O)N2CCCC(C(=O)O)C2)c1C. The fraction of sp³-hybridized carbons (Fsp3) is 0.667. The fourth-order valence-corrected chi connectivity index (χ4v) is 4.19. The third kappa shape index (κ3) is 2.57. The molecule has 0 bridgehead atoms. The average Bonchev–Trinajstić information content (AvgIpc) is 2.80. The van der Waals surface area contributed by atoms with E-state index in [9.17, 15) is 13.2 Å². The Hall–Kier alpha value is -1.41. The molecule has 0 radical (unpaired) electrons. The van der Waals surface area contributed by atoms with Crippen molar-refractivity contribution in [2.24, 2.45) is 5.92 Å². The molecule has 20 heavy (non-hydrogen) atoms. The van der Waals surface area contributed by atoms with Crippen LogP contribution in [0.5, 0.6) is 0 Å². The summed E-state index contributed by atoms with van der Waals surface area (Å²) in [7, 11) is -3.66.